The number of anilines is 1. The summed E-state index contributed by atoms with van der Waals surface area (Å²) >= 11 is 0. The van der Waals surface area contributed by atoms with Crippen molar-refractivity contribution in [3.63, 3.8) is 0 Å². The van der Waals surface area contributed by atoms with Crippen molar-refractivity contribution < 1.29 is 45.4 Å². The Bertz CT molecular complexity index is 2810. The quantitative estimate of drug-likeness (QED) is 0.0817. The van der Waals surface area contributed by atoms with Crippen LogP contribution in [0.4, 0.5) is 28.3 Å². The molecule has 63 heavy (non-hydrogen) atoms. The lowest BCUT2D eigenvalue weighted by Gasteiger charge is -2.27. The number of carbonyl (C=O) groups excluding carboxylic acids is 1. The van der Waals surface area contributed by atoms with Crippen LogP contribution in [0.3, 0.4) is 0 Å². The third kappa shape index (κ3) is 8.91. The fraction of sp³-hybridized carbons (Fsp3) is 0.261. The maximum atomic E-state index is 16.5. The van der Waals surface area contributed by atoms with Crippen molar-refractivity contribution in [2.45, 2.75) is 59.0 Å². The second kappa shape index (κ2) is 17.7. The van der Waals surface area contributed by atoms with Crippen LogP contribution in [-0.2, 0) is 59.0 Å². The van der Waals surface area contributed by atoms with E-state index in [1.54, 1.807) is 35.2 Å². The molecular formula is C46H43F4N6O6P. The van der Waals surface area contributed by atoms with Crippen LogP contribution < -0.4 is 14.2 Å². The van der Waals surface area contributed by atoms with Gasteiger partial charge in [0.05, 0.1) is 36.4 Å². The average molecular weight is 883 g/mol. The van der Waals surface area contributed by atoms with Gasteiger partial charge in [0, 0.05) is 61.3 Å². The third-order valence-electron chi connectivity index (χ3n) is 10.9. The summed E-state index contributed by atoms with van der Waals surface area (Å²) in [5, 5.41) is 5.60. The van der Waals surface area contributed by atoms with Crippen molar-refractivity contribution in [1.82, 2.24) is 24.3 Å². The van der Waals surface area contributed by atoms with Crippen molar-refractivity contribution in [3.05, 3.63) is 148 Å². The van der Waals surface area contributed by atoms with E-state index < -0.39 is 31.2 Å². The normalized spacial score (nSPS) is 13.7. The minimum atomic E-state index is -4.60. The van der Waals surface area contributed by atoms with Crippen molar-refractivity contribution >= 4 is 30.5 Å². The largest absolute Gasteiger partial charge is 0.492 e. The molecule has 7 aromatic rings. The first-order valence-corrected chi connectivity index (χ1v) is 22.2. The molecular weight excluding hydrogens is 840 g/mol. The topological polar surface area (TPSA) is 123 Å². The molecule has 0 aliphatic carbocycles. The first-order valence-electron chi connectivity index (χ1n) is 20.2. The number of aryl methyl sites for hydroxylation is 2. The zero-order valence-electron chi connectivity index (χ0n) is 34.9. The molecule has 0 N–H and O–H groups in total. The van der Waals surface area contributed by atoms with E-state index in [9.17, 15) is 22.5 Å². The fourth-order valence-corrected chi connectivity index (χ4v) is 8.69. The Hall–Kier alpha value is -6.51. The number of hydrogen-bond donors (Lipinski definition) is 0. The second-order valence-corrected chi connectivity index (χ2v) is 16.9. The van der Waals surface area contributed by atoms with Crippen molar-refractivity contribution in [3.8, 4) is 28.4 Å². The first-order chi connectivity index (χ1) is 30.3. The van der Waals surface area contributed by atoms with Gasteiger partial charge in [-0.1, -0.05) is 74.5 Å². The molecule has 8 rings (SSSR count). The number of rotatable bonds is 13. The summed E-state index contributed by atoms with van der Waals surface area (Å²) in [5.41, 5.74) is 5.83. The molecule has 4 heterocycles. The summed E-state index contributed by atoms with van der Waals surface area (Å²) in [7, 11) is -2.15. The molecule has 4 aromatic carbocycles. The Morgan fingerprint density at radius 3 is 2.22 bits per heavy atom. The van der Waals surface area contributed by atoms with Crippen LogP contribution in [0.25, 0.3) is 27.8 Å². The molecule has 0 bridgehead atoms. The Kier molecular flexibility index (Phi) is 12.1. The maximum absolute atomic E-state index is 16.5. The molecule has 0 fully saturated rings. The molecule has 1 unspecified atom stereocenters. The van der Waals surface area contributed by atoms with Gasteiger partial charge >= 0.3 is 19.9 Å². The number of para-hydroxylation sites is 1. The standard InChI is InChI=1S/C46H43F4N6O6P/c1-5-31-13-10-14-32(6-2)40(31)56-41(37-26-54(21-20-39(37)53-56)44-51-24-33(25-52-44)46(48,49)50)36-23-38(47)43(59-3)42-35(36)19-22-55(42)45(57)60-27-30-15-17-34(18-16-30)62-63(4,58)61-28-29-11-8-7-9-12-29/h7-19,22-25H,5-6,20-21,26-28H2,1-4H3. The maximum Gasteiger partial charge on any atom is 0.419 e. The van der Waals surface area contributed by atoms with E-state index in [1.807, 2.05) is 67.1 Å². The molecule has 0 saturated carbocycles. The highest BCUT2D eigenvalue weighted by Gasteiger charge is 2.34. The Balaban J connectivity index is 1.12. The van der Waals surface area contributed by atoms with Gasteiger partial charge in [0.1, 0.15) is 17.9 Å². The number of carbonyl (C=O) groups is 1. The van der Waals surface area contributed by atoms with Gasteiger partial charge in [0.2, 0.25) is 5.95 Å². The van der Waals surface area contributed by atoms with Gasteiger partial charge in [-0.25, -0.2) is 33.0 Å². The van der Waals surface area contributed by atoms with Crippen LogP contribution in [0.1, 0.15) is 52.9 Å². The van der Waals surface area contributed by atoms with Crippen molar-refractivity contribution in [2.24, 2.45) is 0 Å². The highest BCUT2D eigenvalue weighted by atomic mass is 31.2. The number of nitrogens with zero attached hydrogens (tertiary/aromatic N) is 6. The predicted molar refractivity (Wildman–Crippen MR) is 229 cm³/mol. The zero-order chi connectivity index (χ0) is 44.5. The monoisotopic (exact) mass is 882 g/mol. The molecule has 1 aliphatic heterocycles. The second-order valence-electron chi connectivity index (χ2n) is 15.0. The number of fused-ring (bicyclic) bond motifs is 2. The first kappa shape index (κ1) is 43.2. The van der Waals surface area contributed by atoms with E-state index in [0.29, 0.717) is 59.3 Å². The van der Waals surface area contributed by atoms with Crippen molar-refractivity contribution in [2.75, 3.05) is 25.2 Å². The zero-order valence-corrected chi connectivity index (χ0v) is 35.8. The summed E-state index contributed by atoms with van der Waals surface area (Å²) < 4.78 is 95.2. The summed E-state index contributed by atoms with van der Waals surface area (Å²) in [5.74, 6) is -0.518. The average Bonchev–Trinajstić information content (AvgIpc) is 3.90. The molecule has 0 radical (unpaired) electrons. The molecule has 17 heteroatoms. The van der Waals surface area contributed by atoms with E-state index in [4.69, 9.17) is 23.6 Å². The van der Waals surface area contributed by atoms with E-state index in [2.05, 4.69) is 9.97 Å². The van der Waals surface area contributed by atoms with Crippen LogP contribution >= 0.6 is 7.60 Å². The van der Waals surface area contributed by atoms with E-state index in [0.717, 1.165) is 40.5 Å². The Morgan fingerprint density at radius 1 is 0.889 bits per heavy atom. The molecule has 326 valence electrons. The van der Waals surface area contributed by atoms with Gasteiger partial charge < -0.3 is 18.9 Å². The van der Waals surface area contributed by atoms with Gasteiger partial charge in [-0.3, -0.25) is 4.52 Å². The van der Waals surface area contributed by atoms with Crippen LogP contribution in [0.5, 0.6) is 11.5 Å². The van der Waals surface area contributed by atoms with Crippen molar-refractivity contribution in [1.29, 1.82) is 0 Å². The Labute approximate surface area is 360 Å². The molecule has 1 aliphatic rings. The minimum absolute atomic E-state index is 0.107. The summed E-state index contributed by atoms with van der Waals surface area (Å²) in [6.45, 7) is 5.95. The number of halogens is 4. The number of ether oxygens (including phenoxy) is 2. The number of hydrogen-bond acceptors (Lipinski definition) is 10. The molecule has 3 aromatic heterocycles. The van der Waals surface area contributed by atoms with Gasteiger partial charge in [0.25, 0.3) is 0 Å². The van der Waals surface area contributed by atoms with E-state index >= 15 is 4.39 Å². The van der Waals surface area contributed by atoms with Gasteiger partial charge in [-0.15, -0.1) is 0 Å². The predicted octanol–water partition coefficient (Wildman–Crippen LogP) is 10.7. The fourth-order valence-electron chi connectivity index (χ4n) is 7.75. The molecule has 0 spiro atoms. The number of methoxy groups -OCH3 is 1. The van der Waals surface area contributed by atoms with E-state index in [-0.39, 0.29) is 37.0 Å². The number of benzene rings is 4. The highest BCUT2D eigenvalue weighted by Crippen LogP contribution is 2.46. The van der Waals surface area contributed by atoms with Crippen LogP contribution in [0.2, 0.25) is 0 Å². The molecule has 0 amide bonds. The lowest BCUT2D eigenvalue weighted by Crippen LogP contribution is -2.31. The summed E-state index contributed by atoms with van der Waals surface area (Å²) in [6, 6.07) is 24.9. The lowest BCUT2D eigenvalue weighted by molar-refractivity contribution is -0.138. The van der Waals surface area contributed by atoms with Gasteiger partial charge in [-0.05, 0) is 59.4 Å². The number of aromatic nitrogens is 5. The molecule has 1 atom stereocenters. The SMILES string of the molecule is CCc1cccc(CC)c1-n1nc2c(c1-c1cc(F)c(OC)c3c1ccn3C(=O)OCc1ccc(OP(C)(=O)OCc3ccccc3)cc1)CN(c1ncc(C(F)(F)F)cn1)CC2. The highest BCUT2D eigenvalue weighted by molar-refractivity contribution is 7.53. The van der Waals surface area contributed by atoms with Crippen LogP contribution in [0.15, 0.2) is 104 Å². The van der Waals surface area contributed by atoms with Gasteiger partial charge in [-0.2, -0.15) is 18.3 Å². The van der Waals surface area contributed by atoms with Crippen LogP contribution in [0, 0.1) is 5.82 Å². The summed E-state index contributed by atoms with van der Waals surface area (Å²) in [4.78, 5) is 23.8. The molecule has 0 saturated heterocycles. The number of alkyl halides is 3. The molecule has 12 nitrogen and oxygen atoms in total. The van der Waals surface area contributed by atoms with Crippen LogP contribution in [-0.4, -0.2) is 50.7 Å². The summed E-state index contributed by atoms with van der Waals surface area (Å²) in [6.07, 6.45) is -0.656. The Morgan fingerprint density at radius 2 is 1.57 bits per heavy atom. The van der Waals surface area contributed by atoms with Gasteiger partial charge in [0.15, 0.2) is 11.6 Å². The van der Waals surface area contributed by atoms with E-state index in [1.165, 1.54) is 30.6 Å². The lowest BCUT2D eigenvalue weighted by atomic mass is 9.97. The smallest absolute Gasteiger partial charge is 0.419 e. The minimum Gasteiger partial charge on any atom is -0.492 e. The third-order valence-corrected chi connectivity index (χ3v) is 12.0.